The molecule has 1 heterocycles. The van der Waals surface area contributed by atoms with E-state index in [4.69, 9.17) is 12.2 Å². The lowest BCUT2D eigenvalue weighted by Gasteiger charge is -2.46. The highest BCUT2D eigenvalue weighted by Gasteiger charge is 2.37. The first-order valence-electron chi connectivity index (χ1n) is 8.00. The van der Waals surface area contributed by atoms with Gasteiger partial charge in [-0.1, -0.05) is 12.1 Å². The molecule has 4 heteroatoms. The predicted molar refractivity (Wildman–Crippen MR) is 99.6 cm³/mol. The molecular formula is C18H29N3S. The lowest BCUT2D eigenvalue weighted by molar-refractivity contribution is 0.156. The predicted octanol–water partition coefficient (Wildman–Crippen LogP) is 3.90. The van der Waals surface area contributed by atoms with E-state index in [-0.39, 0.29) is 11.1 Å². The van der Waals surface area contributed by atoms with E-state index < -0.39 is 0 Å². The molecule has 0 atom stereocenters. The Balaban J connectivity index is 2.01. The largest absolute Gasteiger partial charge is 0.360 e. The molecule has 122 valence electrons. The van der Waals surface area contributed by atoms with Gasteiger partial charge in [0.25, 0.3) is 0 Å². The van der Waals surface area contributed by atoms with Gasteiger partial charge in [-0.05, 0) is 83.8 Å². The Labute approximate surface area is 140 Å². The zero-order valence-corrected chi connectivity index (χ0v) is 15.4. The molecule has 0 aromatic heterocycles. The molecule has 1 aromatic rings. The van der Waals surface area contributed by atoms with Gasteiger partial charge >= 0.3 is 0 Å². The number of rotatable bonds is 2. The Hall–Kier alpha value is -1.13. The molecule has 0 saturated carbocycles. The number of piperidine rings is 1. The Kier molecular flexibility index (Phi) is 4.83. The van der Waals surface area contributed by atoms with E-state index in [0.29, 0.717) is 11.2 Å². The van der Waals surface area contributed by atoms with Gasteiger partial charge in [0.1, 0.15) is 0 Å². The summed E-state index contributed by atoms with van der Waals surface area (Å²) in [7, 11) is 0. The molecule has 1 aromatic carbocycles. The minimum absolute atomic E-state index is 0.119. The van der Waals surface area contributed by atoms with Crippen molar-refractivity contribution < 1.29 is 0 Å². The molecule has 3 nitrogen and oxygen atoms in total. The molecule has 0 amide bonds. The van der Waals surface area contributed by atoms with Crippen LogP contribution in [-0.2, 0) is 0 Å². The molecule has 22 heavy (non-hydrogen) atoms. The van der Waals surface area contributed by atoms with Crippen LogP contribution in [0.15, 0.2) is 18.2 Å². The Morgan fingerprint density at radius 3 is 2.32 bits per heavy atom. The molecule has 0 aliphatic carbocycles. The number of hydrogen-bond acceptors (Lipinski definition) is 2. The standard InChI is InChI=1S/C18H29N3S/c1-12-7-8-13(2)15(9-12)20-16(22)19-14-10-17(3,4)21-18(5,6)11-14/h7-9,14,21H,10-11H2,1-6H3,(H2,19,20,22). The molecule has 1 aliphatic heterocycles. The van der Waals surface area contributed by atoms with Crippen molar-refractivity contribution in [3.05, 3.63) is 29.3 Å². The van der Waals surface area contributed by atoms with Gasteiger partial charge in [0.15, 0.2) is 5.11 Å². The number of nitrogens with one attached hydrogen (secondary N) is 3. The number of benzene rings is 1. The van der Waals surface area contributed by atoms with Gasteiger partial charge in [-0.15, -0.1) is 0 Å². The average molecular weight is 320 g/mol. The van der Waals surface area contributed by atoms with E-state index in [9.17, 15) is 0 Å². The summed E-state index contributed by atoms with van der Waals surface area (Å²) < 4.78 is 0. The Morgan fingerprint density at radius 1 is 1.14 bits per heavy atom. The van der Waals surface area contributed by atoms with E-state index in [1.807, 2.05) is 0 Å². The first-order chi connectivity index (χ1) is 10.1. The van der Waals surface area contributed by atoms with Crippen molar-refractivity contribution in [3.8, 4) is 0 Å². The van der Waals surface area contributed by atoms with Crippen molar-refractivity contribution in [3.63, 3.8) is 0 Å². The summed E-state index contributed by atoms with van der Waals surface area (Å²) in [5.41, 5.74) is 3.77. The molecule has 0 radical (unpaired) electrons. The Bertz CT molecular complexity index is 547. The zero-order valence-electron chi connectivity index (χ0n) is 14.6. The zero-order chi connectivity index (χ0) is 16.5. The van der Waals surface area contributed by atoms with Crippen LogP contribution in [0, 0.1) is 13.8 Å². The molecule has 1 fully saturated rings. The van der Waals surface area contributed by atoms with Crippen LogP contribution in [0.5, 0.6) is 0 Å². The van der Waals surface area contributed by atoms with Crippen LogP contribution in [0.25, 0.3) is 0 Å². The van der Waals surface area contributed by atoms with Crippen molar-refractivity contribution in [1.29, 1.82) is 0 Å². The van der Waals surface area contributed by atoms with Crippen LogP contribution in [0.2, 0.25) is 0 Å². The first kappa shape index (κ1) is 17.2. The van der Waals surface area contributed by atoms with E-state index in [0.717, 1.165) is 18.5 Å². The van der Waals surface area contributed by atoms with Gasteiger partial charge in [-0.25, -0.2) is 0 Å². The van der Waals surface area contributed by atoms with Crippen molar-refractivity contribution in [2.24, 2.45) is 0 Å². The van der Waals surface area contributed by atoms with Crippen LogP contribution in [0.4, 0.5) is 5.69 Å². The monoisotopic (exact) mass is 319 g/mol. The number of aryl methyl sites for hydroxylation is 2. The summed E-state index contributed by atoms with van der Waals surface area (Å²) in [5, 5.41) is 11.3. The summed E-state index contributed by atoms with van der Waals surface area (Å²) in [6.07, 6.45) is 2.12. The lowest BCUT2D eigenvalue weighted by Crippen LogP contribution is -2.62. The smallest absolute Gasteiger partial charge is 0.171 e. The normalized spacial score (nSPS) is 20.5. The third kappa shape index (κ3) is 4.68. The number of hydrogen-bond donors (Lipinski definition) is 3. The van der Waals surface area contributed by atoms with E-state index in [1.54, 1.807) is 0 Å². The summed E-state index contributed by atoms with van der Waals surface area (Å²) in [6, 6.07) is 6.77. The molecule has 0 bridgehead atoms. The van der Waals surface area contributed by atoms with E-state index >= 15 is 0 Å². The lowest BCUT2D eigenvalue weighted by atomic mass is 9.80. The molecule has 1 aliphatic rings. The molecule has 1 saturated heterocycles. The Morgan fingerprint density at radius 2 is 1.73 bits per heavy atom. The minimum atomic E-state index is 0.119. The van der Waals surface area contributed by atoms with Crippen molar-refractivity contribution in [2.75, 3.05) is 5.32 Å². The first-order valence-corrected chi connectivity index (χ1v) is 8.41. The van der Waals surface area contributed by atoms with Crippen LogP contribution in [0.1, 0.15) is 51.7 Å². The fourth-order valence-corrected chi connectivity index (χ4v) is 3.92. The number of thiocarbonyl (C=S) groups is 1. The topological polar surface area (TPSA) is 36.1 Å². The molecule has 0 unspecified atom stereocenters. The molecule has 3 N–H and O–H groups in total. The summed E-state index contributed by atoms with van der Waals surface area (Å²) >= 11 is 5.53. The SMILES string of the molecule is Cc1ccc(C)c(NC(=S)NC2CC(C)(C)NC(C)(C)C2)c1. The van der Waals surface area contributed by atoms with Crippen LogP contribution in [-0.4, -0.2) is 22.2 Å². The van der Waals surface area contributed by atoms with Crippen LogP contribution in [0.3, 0.4) is 0 Å². The third-order valence-corrected chi connectivity index (χ3v) is 4.39. The van der Waals surface area contributed by atoms with E-state index in [2.05, 4.69) is 75.7 Å². The fourth-order valence-electron chi connectivity index (χ4n) is 3.64. The van der Waals surface area contributed by atoms with Gasteiger partial charge in [0.05, 0.1) is 0 Å². The van der Waals surface area contributed by atoms with Gasteiger partial charge in [-0.2, -0.15) is 0 Å². The second-order valence-corrected chi connectivity index (χ2v) is 8.32. The molecule has 2 rings (SSSR count). The molecular weight excluding hydrogens is 290 g/mol. The highest BCUT2D eigenvalue weighted by molar-refractivity contribution is 7.80. The summed E-state index contributed by atoms with van der Waals surface area (Å²) in [6.45, 7) is 13.2. The van der Waals surface area contributed by atoms with Crippen molar-refractivity contribution in [1.82, 2.24) is 10.6 Å². The van der Waals surface area contributed by atoms with Crippen LogP contribution < -0.4 is 16.0 Å². The highest BCUT2D eigenvalue weighted by Crippen LogP contribution is 2.28. The van der Waals surface area contributed by atoms with E-state index in [1.165, 1.54) is 11.1 Å². The second kappa shape index (κ2) is 6.17. The molecule has 0 spiro atoms. The second-order valence-electron chi connectivity index (χ2n) is 7.91. The fraction of sp³-hybridized carbons (Fsp3) is 0.611. The van der Waals surface area contributed by atoms with Gasteiger partial charge in [0, 0.05) is 22.8 Å². The highest BCUT2D eigenvalue weighted by atomic mass is 32.1. The van der Waals surface area contributed by atoms with Gasteiger partial charge < -0.3 is 16.0 Å². The summed E-state index contributed by atoms with van der Waals surface area (Å²) in [4.78, 5) is 0. The maximum Gasteiger partial charge on any atom is 0.171 e. The maximum atomic E-state index is 5.53. The van der Waals surface area contributed by atoms with Gasteiger partial charge in [0.2, 0.25) is 0 Å². The summed E-state index contributed by atoms with van der Waals surface area (Å²) in [5.74, 6) is 0. The van der Waals surface area contributed by atoms with Crippen molar-refractivity contribution in [2.45, 2.75) is 71.5 Å². The van der Waals surface area contributed by atoms with Gasteiger partial charge in [-0.3, -0.25) is 0 Å². The average Bonchev–Trinajstić information content (AvgIpc) is 2.29. The minimum Gasteiger partial charge on any atom is -0.360 e. The maximum absolute atomic E-state index is 5.53. The van der Waals surface area contributed by atoms with Crippen molar-refractivity contribution >= 4 is 23.0 Å². The quantitative estimate of drug-likeness (QED) is 0.723. The van der Waals surface area contributed by atoms with Crippen LogP contribution >= 0.6 is 12.2 Å². The number of anilines is 1. The third-order valence-electron chi connectivity index (χ3n) is 4.17.